The van der Waals surface area contributed by atoms with Crippen LogP contribution in [0.1, 0.15) is 25.2 Å². The third-order valence-electron chi connectivity index (χ3n) is 2.25. The number of halogens is 1. The molecule has 0 fully saturated rings. The van der Waals surface area contributed by atoms with Crippen molar-refractivity contribution in [1.29, 1.82) is 0 Å². The zero-order valence-electron chi connectivity index (χ0n) is 9.80. The molecule has 15 heavy (non-hydrogen) atoms. The standard InChI is InChI=1S/C9H10ClN3.C2H6/c1-5-9-6(2)13(3)12-7(9)4-8(10)11-5;1-2/h4H,1-3H3;1-2H3. The van der Waals surface area contributed by atoms with E-state index in [1.54, 1.807) is 6.07 Å². The van der Waals surface area contributed by atoms with Gasteiger partial charge in [-0.1, -0.05) is 25.4 Å². The molecular weight excluding hydrogens is 210 g/mol. The molecule has 0 N–H and O–H groups in total. The molecule has 2 heterocycles. The lowest BCUT2D eigenvalue weighted by Crippen LogP contribution is -1.91. The van der Waals surface area contributed by atoms with E-state index < -0.39 is 0 Å². The van der Waals surface area contributed by atoms with Crippen LogP contribution in [-0.2, 0) is 7.05 Å². The highest BCUT2D eigenvalue weighted by molar-refractivity contribution is 6.30. The lowest BCUT2D eigenvalue weighted by Gasteiger charge is -1.96. The van der Waals surface area contributed by atoms with Gasteiger partial charge in [0.25, 0.3) is 0 Å². The predicted molar refractivity (Wildman–Crippen MR) is 64.3 cm³/mol. The molecule has 2 aromatic heterocycles. The maximum absolute atomic E-state index is 5.83. The van der Waals surface area contributed by atoms with Crippen LogP contribution in [0.25, 0.3) is 10.9 Å². The van der Waals surface area contributed by atoms with Gasteiger partial charge in [-0.3, -0.25) is 4.68 Å². The summed E-state index contributed by atoms with van der Waals surface area (Å²) in [4.78, 5) is 4.19. The van der Waals surface area contributed by atoms with Crippen LogP contribution in [0, 0.1) is 13.8 Å². The Morgan fingerprint density at radius 3 is 2.47 bits per heavy atom. The molecule has 0 saturated carbocycles. The first-order chi connectivity index (χ1) is 7.09. The molecule has 0 aromatic carbocycles. The van der Waals surface area contributed by atoms with E-state index in [9.17, 15) is 0 Å². The molecule has 0 bridgehead atoms. The molecule has 3 nitrogen and oxygen atoms in total. The monoisotopic (exact) mass is 225 g/mol. The Balaban J connectivity index is 0.000000531. The second-order valence-electron chi connectivity index (χ2n) is 3.13. The number of nitrogens with zero attached hydrogens (tertiary/aromatic N) is 3. The average molecular weight is 226 g/mol. The van der Waals surface area contributed by atoms with Gasteiger partial charge in [0.2, 0.25) is 0 Å². The van der Waals surface area contributed by atoms with Gasteiger partial charge < -0.3 is 0 Å². The number of aromatic nitrogens is 3. The van der Waals surface area contributed by atoms with E-state index in [2.05, 4.69) is 10.1 Å². The van der Waals surface area contributed by atoms with Gasteiger partial charge in [-0.25, -0.2) is 4.98 Å². The molecule has 0 atom stereocenters. The van der Waals surface area contributed by atoms with Crippen LogP contribution >= 0.6 is 11.6 Å². The van der Waals surface area contributed by atoms with E-state index in [0.29, 0.717) is 5.15 Å². The molecule has 0 aliphatic carbocycles. The SMILES string of the molecule is CC.Cc1nc(Cl)cc2nn(C)c(C)c12. The lowest BCUT2D eigenvalue weighted by atomic mass is 10.2. The summed E-state index contributed by atoms with van der Waals surface area (Å²) in [6.45, 7) is 7.97. The molecule has 82 valence electrons. The molecule has 4 heteroatoms. The summed E-state index contributed by atoms with van der Waals surface area (Å²) in [5.74, 6) is 0. The Bertz CT molecular complexity index is 474. The van der Waals surface area contributed by atoms with Gasteiger partial charge in [0.15, 0.2) is 0 Å². The first-order valence-electron chi connectivity index (χ1n) is 5.06. The van der Waals surface area contributed by atoms with Crippen LogP contribution < -0.4 is 0 Å². The highest BCUT2D eigenvalue weighted by Gasteiger charge is 2.08. The zero-order valence-corrected chi connectivity index (χ0v) is 10.6. The van der Waals surface area contributed by atoms with E-state index in [1.165, 1.54) is 0 Å². The minimum absolute atomic E-state index is 0.503. The first-order valence-corrected chi connectivity index (χ1v) is 5.44. The van der Waals surface area contributed by atoms with Gasteiger partial charge in [0.1, 0.15) is 5.15 Å². The number of aryl methyl sites for hydroxylation is 3. The van der Waals surface area contributed by atoms with Crippen molar-refractivity contribution >= 4 is 22.5 Å². The molecule has 0 amide bonds. The summed E-state index contributed by atoms with van der Waals surface area (Å²) in [6, 6.07) is 1.79. The van der Waals surface area contributed by atoms with E-state index in [4.69, 9.17) is 11.6 Å². The zero-order chi connectivity index (χ0) is 11.6. The second kappa shape index (κ2) is 4.62. The van der Waals surface area contributed by atoms with Crippen molar-refractivity contribution in [3.05, 3.63) is 22.6 Å². The van der Waals surface area contributed by atoms with E-state index in [0.717, 1.165) is 22.3 Å². The van der Waals surface area contributed by atoms with Crippen LogP contribution in [-0.4, -0.2) is 14.8 Å². The first kappa shape index (κ1) is 12.0. The van der Waals surface area contributed by atoms with Crippen LogP contribution in [0.15, 0.2) is 6.07 Å². The van der Waals surface area contributed by atoms with Crippen molar-refractivity contribution in [2.75, 3.05) is 0 Å². The van der Waals surface area contributed by atoms with Crippen molar-refractivity contribution in [2.24, 2.45) is 7.05 Å². The lowest BCUT2D eigenvalue weighted by molar-refractivity contribution is 0.751. The molecular formula is C11H16ClN3. The van der Waals surface area contributed by atoms with Gasteiger partial charge >= 0.3 is 0 Å². The Labute approximate surface area is 95.1 Å². The Morgan fingerprint density at radius 1 is 1.27 bits per heavy atom. The Hall–Kier alpha value is -1.09. The van der Waals surface area contributed by atoms with Crippen molar-refractivity contribution < 1.29 is 0 Å². The van der Waals surface area contributed by atoms with Crippen LogP contribution in [0.3, 0.4) is 0 Å². The summed E-state index contributed by atoms with van der Waals surface area (Å²) in [7, 11) is 1.92. The van der Waals surface area contributed by atoms with Crippen molar-refractivity contribution in [1.82, 2.24) is 14.8 Å². The number of hydrogen-bond donors (Lipinski definition) is 0. The molecule has 0 aliphatic rings. The smallest absolute Gasteiger partial charge is 0.131 e. The van der Waals surface area contributed by atoms with E-state index in [1.807, 2.05) is 39.4 Å². The largest absolute Gasteiger partial charge is 0.272 e. The molecule has 0 aliphatic heterocycles. The molecule has 0 saturated heterocycles. The van der Waals surface area contributed by atoms with Crippen molar-refractivity contribution in [2.45, 2.75) is 27.7 Å². The number of rotatable bonds is 0. The van der Waals surface area contributed by atoms with E-state index >= 15 is 0 Å². The molecule has 2 aromatic rings. The minimum Gasteiger partial charge on any atom is -0.272 e. The fourth-order valence-electron chi connectivity index (χ4n) is 1.54. The van der Waals surface area contributed by atoms with E-state index in [-0.39, 0.29) is 0 Å². The summed E-state index contributed by atoms with van der Waals surface area (Å²) in [5, 5.41) is 5.93. The van der Waals surface area contributed by atoms with Crippen molar-refractivity contribution in [3.8, 4) is 0 Å². The third-order valence-corrected chi connectivity index (χ3v) is 2.45. The van der Waals surface area contributed by atoms with Crippen LogP contribution in [0.5, 0.6) is 0 Å². The molecule has 0 radical (unpaired) electrons. The minimum atomic E-state index is 0.503. The highest BCUT2D eigenvalue weighted by Crippen LogP contribution is 2.22. The van der Waals surface area contributed by atoms with Gasteiger partial charge in [-0.15, -0.1) is 0 Å². The topological polar surface area (TPSA) is 30.7 Å². The van der Waals surface area contributed by atoms with Crippen molar-refractivity contribution in [3.63, 3.8) is 0 Å². The maximum Gasteiger partial charge on any atom is 0.131 e. The molecule has 2 rings (SSSR count). The van der Waals surface area contributed by atoms with Gasteiger partial charge in [-0.2, -0.15) is 5.10 Å². The van der Waals surface area contributed by atoms with Crippen LogP contribution in [0.4, 0.5) is 0 Å². The maximum atomic E-state index is 5.83. The quantitative estimate of drug-likeness (QED) is 0.645. The number of pyridine rings is 1. The summed E-state index contributed by atoms with van der Waals surface area (Å²) < 4.78 is 1.84. The molecule has 0 spiro atoms. The highest BCUT2D eigenvalue weighted by atomic mass is 35.5. The summed E-state index contributed by atoms with van der Waals surface area (Å²) in [6.07, 6.45) is 0. The van der Waals surface area contributed by atoms with Gasteiger partial charge in [-0.05, 0) is 13.8 Å². The average Bonchev–Trinajstić information content (AvgIpc) is 2.45. The summed E-state index contributed by atoms with van der Waals surface area (Å²) in [5.41, 5.74) is 2.97. The fourth-order valence-corrected chi connectivity index (χ4v) is 1.77. The predicted octanol–water partition coefficient (Wildman–Crippen LogP) is 3.26. The Kier molecular flexibility index (Phi) is 3.69. The summed E-state index contributed by atoms with van der Waals surface area (Å²) >= 11 is 5.83. The molecule has 0 unspecified atom stereocenters. The number of hydrogen-bond acceptors (Lipinski definition) is 2. The van der Waals surface area contributed by atoms with Gasteiger partial charge in [0, 0.05) is 24.2 Å². The second-order valence-corrected chi connectivity index (χ2v) is 3.52. The number of fused-ring (bicyclic) bond motifs is 1. The van der Waals surface area contributed by atoms with Gasteiger partial charge in [0.05, 0.1) is 11.2 Å². The Morgan fingerprint density at radius 2 is 1.87 bits per heavy atom. The third kappa shape index (κ3) is 2.12. The fraction of sp³-hybridized carbons (Fsp3) is 0.455. The normalized spacial score (nSPS) is 10.0. The van der Waals surface area contributed by atoms with Crippen LogP contribution in [0.2, 0.25) is 5.15 Å².